The van der Waals surface area contributed by atoms with Crippen LogP contribution in [0, 0.1) is 0 Å². The third-order valence-corrected chi connectivity index (χ3v) is 3.60. The van der Waals surface area contributed by atoms with Crippen LogP contribution in [-0.4, -0.2) is 25.7 Å². The second-order valence-corrected chi connectivity index (χ2v) is 5.38. The molecule has 0 radical (unpaired) electrons. The second kappa shape index (κ2) is 5.69. The first-order chi connectivity index (χ1) is 7.75. The van der Waals surface area contributed by atoms with Gasteiger partial charge in [-0.3, -0.25) is 0 Å². The van der Waals surface area contributed by atoms with E-state index >= 15 is 0 Å². The van der Waals surface area contributed by atoms with Crippen LogP contribution in [0.25, 0.3) is 0 Å². The van der Waals surface area contributed by atoms with Crippen molar-refractivity contribution in [2.24, 2.45) is 0 Å². The van der Waals surface area contributed by atoms with Gasteiger partial charge in [0.15, 0.2) is 0 Å². The zero-order chi connectivity index (χ0) is 11.4. The maximum Gasteiger partial charge on any atom is 0.0377 e. The minimum absolute atomic E-state index is 0.634. The number of rotatable bonds is 1. The van der Waals surface area contributed by atoms with Gasteiger partial charge in [0.2, 0.25) is 0 Å². The summed E-state index contributed by atoms with van der Waals surface area (Å²) >= 11 is 3.54. The minimum Gasteiger partial charge on any atom is -0.371 e. The summed E-state index contributed by atoms with van der Waals surface area (Å²) in [5.41, 5.74) is 1.34. The molecule has 1 atom stereocenters. The first kappa shape index (κ1) is 11.9. The predicted octanol–water partition coefficient (Wildman–Crippen LogP) is 3.03. The third-order valence-electron chi connectivity index (χ3n) is 3.10. The van der Waals surface area contributed by atoms with Crippen LogP contribution in [0.3, 0.4) is 0 Å². The molecule has 1 aromatic carbocycles. The summed E-state index contributed by atoms with van der Waals surface area (Å²) in [5, 5.41) is 3.53. The van der Waals surface area contributed by atoms with Crippen LogP contribution in [0.15, 0.2) is 28.7 Å². The van der Waals surface area contributed by atoms with Gasteiger partial charge in [0.1, 0.15) is 0 Å². The molecule has 1 heterocycles. The second-order valence-electron chi connectivity index (χ2n) is 4.46. The fourth-order valence-electron chi connectivity index (χ4n) is 2.11. The quantitative estimate of drug-likeness (QED) is 0.852. The topological polar surface area (TPSA) is 15.3 Å². The molecule has 1 aliphatic heterocycles. The number of halogens is 1. The van der Waals surface area contributed by atoms with Gasteiger partial charge in [-0.2, -0.15) is 0 Å². The van der Waals surface area contributed by atoms with E-state index in [1.807, 2.05) is 0 Å². The Morgan fingerprint density at radius 1 is 1.38 bits per heavy atom. The molecule has 1 fully saturated rings. The molecule has 0 bridgehead atoms. The highest BCUT2D eigenvalue weighted by atomic mass is 79.9. The van der Waals surface area contributed by atoms with Gasteiger partial charge in [0.25, 0.3) is 0 Å². The van der Waals surface area contributed by atoms with E-state index < -0.39 is 0 Å². The van der Waals surface area contributed by atoms with E-state index in [9.17, 15) is 0 Å². The van der Waals surface area contributed by atoms with Crippen LogP contribution in [0.4, 0.5) is 5.69 Å². The Labute approximate surface area is 106 Å². The van der Waals surface area contributed by atoms with Gasteiger partial charge in [-0.25, -0.2) is 0 Å². The van der Waals surface area contributed by atoms with E-state index in [-0.39, 0.29) is 0 Å². The monoisotopic (exact) mass is 282 g/mol. The van der Waals surface area contributed by atoms with Crippen molar-refractivity contribution in [3.8, 4) is 0 Å². The molecule has 1 aromatic rings. The largest absolute Gasteiger partial charge is 0.371 e. The van der Waals surface area contributed by atoms with Gasteiger partial charge in [-0.05, 0) is 44.5 Å². The first-order valence-electron chi connectivity index (χ1n) is 5.99. The Morgan fingerprint density at radius 3 is 3.06 bits per heavy atom. The van der Waals surface area contributed by atoms with Crippen LogP contribution >= 0.6 is 15.9 Å². The summed E-state index contributed by atoms with van der Waals surface area (Å²) in [6, 6.07) is 9.23. The number of nitrogens with one attached hydrogen (secondary N) is 1. The average molecular weight is 283 g/mol. The standard InChI is InChI=1S/C13H19BrN2/c1-11-6-9-16(8-3-7-15-11)13-5-2-4-12(14)10-13/h2,4-5,10-11,15H,3,6-9H2,1H3. The Kier molecular flexibility index (Phi) is 4.24. The summed E-state index contributed by atoms with van der Waals surface area (Å²) < 4.78 is 1.17. The van der Waals surface area contributed by atoms with E-state index in [1.54, 1.807) is 0 Å². The lowest BCUT2D eigenvalue weighted by Gasteiger charge is -2.29. The average Bonchev–Trinajstić information content (AvgIpc) is 2.24. The van der Waals surface area contributed by atoms with Crippen LogP contribution < -0.4 is 10.2 Å². The summed E-state index contributed by atoms with van der Waals surface area (Å²) in [6.07, 6.45) is 2.43. The Hall–Kier alpha value is -0.540. The molecule has 0 aromatic heterocycles. The van der Waals surface area contributed by atoms with Crippen LogP contribution in [0.2, 0.25) is 0 Å². The summed E-state index contributed by atoms with van der Waals surface area (Å²) in [7, 11) is 0. The molecule has 2 rings (SSSR count). The van der Waals surface area contributed by atoms with Gasteiger partial charge in [-0.15, -0.1) is 0 Å². The van der Waals surface area contributed by atoms with Crippen LogP contribution in [0.5, 0.6) is 0 Å². The lowest BCUT2D eigenvalue weighted by Crippen LogP contribution is -2.38. The van der Waals surface area contributed by atoms with Crippen LogP contribution in [0.1, 0.15) is 19.8 Å². The van der Waals surface area contributed by atoms with Crippen molar-refractivity contribution in [1.29, 1.82) is 0 Å². The highest BCUT2D eigenvalue weighted by Gasteiger charge is 2.12. The number of nitrogens with zero attached hydrogens (tertiary/aromatic N) is 1. The van der Waals surface area contributed by atoms with Crippen molar-refractivity contribution >= 4 is 21.6 Å². The molecule has 0 spiro atoms. The van der Waals surface area contributed by atoms with Gasteiger partial charge in [0, 0.05) is 29.3 Å². The fourth-order valence-corrected chi connectivity index (χ4v) is 2.50. The SMILES string of the molecule is CC1CCN(c2cccc(Br)c2)CCCN1. The molecule has 0 aliphatic carbocycles. The zero-order valence-corrected chi connectivity index (χ0v) is 11.3. The van der Waals surface area contributed by atoms with Crippen LogP contribution in [-0.2, 0) is 0 Å². The maximum absolute atomic E-state index is 3.54. The minimum atomic E-state index is 0.634. The van der Waals surface area contributed by atoms with Gasteiger partial charge in [0.05, 0.1) is 0 Å². The van der Waals surface area contributed by atoms with Crippen molar-refractivity contribution < 1.29 is 0 Å². The molecule has 3 heteroatoms. The summed E-state index contributed by atoms with van der Waals surface area (Å²) in [6.45, 7) is 5.69. The molecule has 0 saturated carbocycles. The van der Waals surface area contributed by atoms with E-state index in [1.165, 1.54) is 23.0 Å². The Balaban J connectivity index is 2.06. The number of hydrogen-bond acceptors (Lipinski definition) is 2. The molecule has 88 valence electrons. The van der Waals surface area contributed by atoms with Crippen molar-refractivity contribution in [3.63, 3.8) is 0 Å². The van der Waals surface area contributed by atoms with Crippen molar-refractivity contribution in [2.75, 3.05) is 24.5 Å². The first-order valence-corrected chi connectivity index (χ1v) is 6.79. The van der Waals surface area contributed by atoms with Crippen molar-refractivity contribution in [1.82, 2.24) is 5.32 Å². The Bertz CT molecular complexity index is 340. The predicted molar refractivity (Wildman–Crippen MR) is 73.1 cm³/mol. The number of hydrogen-bond donors (Lipinski definition) is 1. The molecule has 16 heavy (non-hydrogen) atoms. The van der Waals surface area contributed by atoms with E-state index in [2.05, 4.69) is 57.3 Å². The highest BCUT2D eigenvalue weighted by molar-refractivity contribution is 9.10. The Morgan fingerprint density at radius 2 is 2.25 bits per heavy atom. The van der Waals surface area contributed by atoms with E-state index in [0.717, 1.165) is 19.6 Å². The number of benzene rings is 1. The molecular weight excluding hydrogens is 264 g/mol. The molecule has 2 nitrogen and oxygen atoms in total. The van der Waals surface area contributed by atoms with E-state index in [4.69, 9.17) is 0 Å². The molecular formula is C13H19BrN2. The smallest absolute Gasteiger partial charge is 0.0377 e. The normalized spacial score (nSPS) is 22.6. The van der Waals surface area contributed by atoms with Crippen molar-refractivity contribution in [3.05, 3.63) is 28.7 Å². The summed E-state index contributed by atoms with van der Waals surface area (Å²) in [4.78, 5) is 2.49. The van der Waals surface area contributed by atoms with Gasteiger partial charge >= 0.3 is 0 Å². The van der Waals surface area contributed by atoms with Gasteiger partial charge in [-0.1, -0.05) is 22.0 Å². The third kappa shape index (κ3) is 3.22. The van der Waals surface area contributed by atoms with Gasteiger partial charge < -0.3 is 10.2 Å². The molecule has 1 N–H and O–H groups in total. The maximum atomic E-state index is 3.54. The lowest BCUT2D eigenvalue weighted by atomic mass is 10.1. The van der Waals surface area contributed by atoms with Crippen molar-refractivity contribution in [2.45, 2.75) is 25.8 Å². The zero-order valence-electron chi connectivity index (χ0n) is 9.75. The molecule has 1 saturated heterocycles. The van der Waals surface area contributed by atoms with E-state index in [0.29, 0.717) is 6.04 Å². The molecule has 0 amide bonds. The highest BCUT2D eigenvalue weighted by Crippen LogP contribution is 2.21. The summed E-state index contributed by atoms with van der Waals surface area (Å²) in [5.74, 6) is 0. The molecule has 1 unspecified atom stereocenters. The molecule has 1 aliphatic rings. The lowest BCUT2D eigenvalue weighted by molar-refractivity contribution is 0.475. The fraction of sp³-hybridized carbons (Fsp3) is 0.538. The number of anilines is 1.